The Morgan fingerprint density at radius 2 is 1.93 bits per heavy atom. The number of para-hydroxylation sites is 1. The van der Waals surface area contributed by atoms with Crippen LogP contribution < -0.4 is 5.32 Å². The highest BCUT2D eigenvalue weighted by Gasteiger charge is 2.52. The molecule has 2 bridgehead atoms. The zero-order chi connectivity index (χ0) is 21.6. The molecule has 1 N–H and O–H groups in total. The predicted molar refractivity (Wildman–Crippen MR) is 112 cm³/mol. The summed E-state index contributed by atoms with van der Waals surface area (Å²) in [5.74, 6) is -0.764. The second-order valence-corrected chi connectivity index (χ2v) is 8.94. The van der Waals surface area contributed by atoms with Crippen molar-refractivity contribution < 1.29 is 19.2 Å². The fourth-order valence-electron chi connectivity index (χ4n) is 5.62. The van der Waals surface area contributed by atoms with E-state index in [1.165, 1.54) is 6.42 Å². The Balaban J connectivity index is 1.46. The van der Waals surface area contributed by atoms with Gasteiger partial charge in [-0.25, -0.2) is 9.69 Å². The van der Waals surface area contributed by atoms with Crippen LogP contribution in [0.3, 0.4) is 0 Å². The second-order valence-electron chi connectivity index (χ2n) is 8.94. The Labute approximate surface area is 176 Å². The van der Waals surface area contributed by atoms with Crippen molar-refractivity contribution in [2.24, 2.45) is 17.8 Å². The van der Waals surface area contributed by atoms with E-state index in [9.17, 15) is 19.2 Å². The average Bonchev–Trinajstić information content (AvgIpc) is 3.40. The Bertz CT molecular complexity index is 912. The van der Waals surface area contributed by atoms with Crippen molar-refractivity contribution >= 4 is 29.4 Å². The maximum atomic E-state index is 12.9. The van der Waals surface area contributed by atoms with Crippen LogP contribution in [-0.2, 0) is 20.8 Å². The van der Waals surface area contributed by atoms with E-state index in [1.54, 1.807) is 0 Å². The standard InChI is InChI=1S/C23H29N3O4/c1-4-16-7-5-6-13(2)20(16)24-19(27)12-25-21(28)22(29)26(23(25)30)14(3)18-11-15-8-9-17(18)10-15/h5-7,14-15,17-18H,4,8-12H2,1-3H3,(H,24,27)/t14-,15-,17-,18-/m0/s1. The molecule has 7 heteroatoms. The number of fused-ring (bicyclic) bond motifs is 2. The lowest BCUT2D eigenvalue weighted by molar-refractivity contribution is -0.144. The highest BCUT2D eigenvalue weighted by atomic mass is 16.2. The number of aryl methyl sites for hydroxylation is 2. The van der Waals surface area contributed by atoms with E-state index in [4.69, 9.17) is 0 Å². The summed E-state index contributed by atoms with van der Waals surface area (Å²) >= 11 is 0. The van der Waals surface area contributed by atoms with Crippen LogP contribution in [0.2, 0.25) is 0 Å². The van der Waals surface area contributed by atoms with Crippen LogP contribution in [0, 0.1) is 24.7 Å². The minimum Gasteiger partial charge on any atom is -0.324 e. The zero-order valence-corrected chi connectivity index (χ0v) is 17.8. The molecule has 1 heterocycles. The van der Waals surface area contributed by atoms with Gasteiger partial charge < -0.3 is 5.32 Å². The number of benzene rings is 1. The molecule has 1 aromatic carbocycles. The lowest BCUT2D eigenvalue weighted by Gasteiger charge is -2.32. The Morgan fingerprint density at radius 3 is 2.57 bits per heavy atom. The summed E-state index contributed by atoms with van der Waals surface area (Å²) in [6, 6.07) is 4.75. The fourth-order valence-corrected chi connectivity index (χ4v) is 5.62. The van der Waals surface area contributed by atoms with Gasteiger partial charge in [0.15, 0.2) is 0 Å². The molecule has 1 aliphatic heterocycles. The van der Waals surface area contributed by atoms with E-state index in [-0.39, 0.29) is 12.0 Å². The molecule has 0 aromatic heterocycles. The molecule has 2 aliphatic carbocycles. The van der Waals surface area contributed by atoms with E-state index in [1.807, 2.05) is 39.0 Å². The van der Waals surface area contributed by atoms with E-state index in [0.717, 1.165) is 46.6 Å². The highest BCUT2D eigenvalue weighted by Crippen LogP contribution is 2.50. The number of hydrogen-bond acceptors (Lipinski definition) is 4. The number of carbonyl (C=O) groups is 4. The Morgan fingerprint density at radius 1 is 1.17 bits per heavy atom. The monoisotopic (exact) mass is 411 g/mol. The number of hydrogen-bond donors (Lipinski definition) is 1. The molecule has 2 saturated carbocycles. The van der Waals surface area contributed by atoms with Crippen molar-refractivity contribution in [3.63, 3.8) is 0 Å². The van der Waals surface area contributed by atoms with Gasteiger partial charge in [-0.15, -0.1) is 0 Å². The number of nitrogens with one attached hydrogen (secondary N) is 1. The lowest BCUT2D eigenvalue weighted by atomic mass is 9.83. The molecule has 7 nitrogen and oxygen atoms in total. The van der Waals surface area contributed by atoms with E-state index in [0.29, 0.717) is 17.5 Å². The highest BCUT2D eigenvalue weighted by molar-refractivity contribution is 6.45. The molecule has 3 aliphatic rings. The van der Waals surface area contributed by atoms with E-state index < -0.39 is 30.3 Å². The van der Waals surface area contributed by atoms with Crippen molar-refractivity contribution in [3.05, 3.63) is 29.3 Å². The average molecular weight is 412 g/mol. The SMILES string of the molecule is CCc1cccc(C)c1NC(=O)CN1C(=O)C(=O)N([C@@H](C)[C@@H]2C[C@H]3CC[C@H]2C3)C1=O. The molecule has 3 fully saturated rings. The number of amides is 5. The summed E-state index contributed by atoms with van der Waals surface area (Å²) in [4.78, 5) is 52.6. The van der Waals surface area contributed by atoms with Gasteiger partial charge in [0.2, 0.25) is 5.91 Å². The molecule has 30 heavy (non-hydrogen) atoms. The summed E-state index contributed by atoms with van der Waals surface area (Å²) in [5.41, 5.74) is 2.58. The molecular weight excluding hydrogens is 382 g/mol. The summed E-state index contributed by atoms with van der Waals surface area (Å²) in [6.45, 7) is 5.29. The van der Waals surface area contributed by atoms with Gasteiger partial charge in [0.1, 0.15) is 6.54 Å². The first-order chi connectivity index (χ1) is 14.3. The molecule has 4 atom stereocenters. The summed E-state index contributed by atoms with van der Waals surface area (Å²) in [5, 5.41) is 2.82. The Hall–Kier alpha value is -2.70. The lowest BCUT2D eigenvalue weighted by Crippen LogP contribution is -2.45. The Kier molecular flexibility index (Phi) is 5.38. The van der Waals surface area contributed by atoms with Gasteiger partial charge in [0.05, 0.1) is 0 Å². The van der Waals surface area contributed by atoms with Gasteiger partial charge in [-0.2, -0.15) is 0 Å². The molecule has 0 spiro atoms. The van der Waals surface area contributed by atoms with Gasteiger partial charge in [-0.05, 0) is 68.4 Å². The van der Waals surface area contributed by atoms with Gasteiger partial charge in [0, 0.05) is 11.7 Å². The number of imide groups is 2. The van der Waals surface area contributed by atoms with Crippen molar-refractivity contribution in [1.29, 1.82) is 0 Å². The van der Waals surface area contributed by atoms with Crippen LogP contribution in [0.1, 0.15) is 50.7 Å². The normalized spacial score (nSPS) is 26.6. The smallest absolute Gasteiger partial charge is 0.324 e. The largest absolute Gasteiger partial charge is 0.334 e. The second kappa shape index (κ2) is 7.85. The van der Waals surface area contributed by atoms with Crippen LogP contribution in [0.15, 0.2) is 18.2 Å². The first-order valence-corrected chi connectivity index (χ1v) is 10.9. The number of anilines is 1. The van der Waals surface area contributed by atoms with E-state index in [2.05, 4.69) is 5.32 Å². The van der Waals surface area contributed by atoms with Crippen molar-refractivity contribution in [2.75, 3.05) is 11.9 Å². The number of carbonyl (C=O) groups excluding carboxylic acids is 4. The summed E-state index contributed by atoms with van der Waals surface area (Å²) < 4.78 is 0. The molecule has 1 saturated heterocycles. The minimum absolute atomic E-state index is 0.248. The molecular formula is C23H29N3O4. The molecule has 5 amide bonds. The summed E-state index contributed by atoms with van der Waals surface area (Å²) in [6.07, 6.45) is 5.25. The third kappa shape index (κ3) is 3.40. The maximum absolute atomic E-state index is 12.9. The van der Waals surface area contributed by atoms with Crippen LogP contribution >= 0.6 is 0 Å². The minimum atomic E-state index is -0.911. The van der Waals surface area contributed by atoms with E-state index >= 15 is 0 Å². The number of urea groups is 1. The number of nitrogens with zero attached hydrogens (tertiary/aromatic N) is 2. The van der Waals surface area contributed by atoms with Crippen LogP contribution in [0.25, 0.3) is 0 Å². The summed E-state index contributed by atoms with van der Waals surface area (Å²) in [7, 11) is 0. The van der Waals surface area contributed by atoms with Crippen molar-refractivity contribution in [1.82, 2.24) is 9.80 Å². The molecule has 4 rings (SSSR count). The van der Waals surface area contributed by atoms with Gasteiger partial charge in [0.25, 0.3) is 0 Å². The van der Waals surface area contributed by atoms with Gasteiger partial charge in [-0.3, -0.25) is 19.3 Å². The number of rotatable bonds is 6. The topological polar surface area (TPSA) is 86.8 Å². The van der Waals surface area contributed by atoms with Crippen LogP contribution in [0.4, 0.5) is 10.5 Å². The fraction of sp³-hybridized carbons (Fsp3) is 0.565. The molecule has 1 aromatic rings. The van der Waals surface area contributed by atoms with Gasteiger partial charge in [-0.1, -0.05) is 31.5 Å². The molecule has 0 unspecified atom stereocenters. The van der Waals surface area contributed by atoms with Crippen molar-refractivity contribution in [3.8, 4) is 0 Å². The molecule has 160 valence electrons. The maximum Gasteiger partial charge on any atom is 0.334 e. The zero-order valence-electron chi connectivity index (χ0n) is 17.8. The van der Waals surface area contributed by atoms with Crippen LogP contribution in [-0.4, -0.2) is 46.1 Å². The first-order valence-electron chi connectivity index (χ1n) is 10.9. The quantitative estimate of drug-likeness (QED) is 0.576. The predicted octanol–water partition coefficient (Wildman–Crippen LogP) is 3.11. The molecule has 0 radical (unpaired) electrons. The van der Waals surface area contributed by atoms with Crippen molar-refractivity contribution in [2.45, 2.75) is 58.9 Å². The first kappa shape index (κ1) is 20.6. The third-order valence-corrected chi connectivity index (χ3v) is 7.21. The van der Waals surface area contributed by atoms with Crippen LogP contribution in [0.5, 0.6) is 0 Å². The van der Waals surface area contributed by atoms with Gasteiger partial charge >= 0.3 is 17.8 Å². The third-order valence-electron chi connectivity index (χ3n) is 7.21.